The number of hydrogen-bond donors (Lipinski definition) is 3. The highest BCUT2D eigenvalue weighted by molar-refractivity contribution is 6.05. The standard InChI is InChI=1S/C19H24N8O2.CH2O2/c1-12-10-27-11-15(21-9-16(27)23-12)24-17(28)14-8-22-19(25-18(14)29-3)26(2)13-4-6-20-7-5-13;2-1-3/h8-11,13,20H,4-7H2,1-3H3,(H,24,28);1H,(H,2,3). The van der Waals surface area contributed by atoms with Crippen LogP contribution in [0.5, 0.6) is 5.88 Å². The van der Waals surface area contributed by atoms with Crippen LogP contribution in [0.25, 0.3) is 5.65 Å². The molecule has 1 saturated heterocycles. The van der Waals surface area contributed by atoms with Gasteiger partial charge >= 0.3 is 0 Å². The van der Waals surface area contributed by atoms with Gasteiger partial charge in [-0.05, 0) is 32.9 Å². The first-order valence-electron chi connectivity index (χ1n) is 10.0. The summed E-state index contributed by atoms with van der Waals surface area (Å²) in [5.41, 5.74) is 1.84. The second-order valence-corrected chi connectivity index (χ2v) is 7.16. The Bertz CT molecular complexity index is 1080. The molecule has 1 aliphatic heterocycles. The smallest absolute Gasteiger partial charge is 0.290 e. The van der Waals surface area contributed by atoms with Crippen molar-refractivity contribution in [2.75, 3.05) is 37.5 Å². The highest BCUT2D eigenvalue weighted by Gasteiger charge is 2.23. The fraction of sp³-hybridized carbons (Fsp3) is 0.400. The summed E-state index contributed by atoms with van der Waals surface area (Å²) in [6.07, 6.45) is 8.71. The molecule has 1 amide bonds. The number of aryl methyl sites for hydroxylation is 1. The number of methoxy groups -OCH3 is 1. The Labute approximate surface area is 184 Å². The number of amides is 1. The number of anilines is 2. The molecule has 0 radical (unpaired) electrons. The van der Waals surface area contributed by atoms with Crippen molar-refractivity contribution >= 4 is 29.8 Å². The molecule has 3 N–H and O–H groups in total. The second kappa shape index (κ2) is 10.5. The molecule has 170 valence electrons. The van der Waals surface area contributed by atoms with Gasteiger partial charge < -0.3 is 29.8 Å². The van der Waals surface area contributed by atoms with Gasteiger partial charge in [0.1, 0.15) is 11.4 Å². The minimum atomic E-state index is -0.387. The van der Waals surface area contributed by atoms with Gasteiger partial charge in [-0.3, -0.25) is 9.59 Å². The van der Waals surface area contributed by atoms with Gasteiger partial charge in [0, 0.05) is 25.5 Å². The Kier molecular flexibility index (Phi) is 7.49. The first-order chi connectivity index (χ1) is 15.5. The van der Waals surface area contributed by atoms with Crippen molar-refractivity contribution in [3.8, 4) is 5.88 Å². The zero-order valence-electron chi connectivity index (χ0n) is 18.1. The summed E-state index contributed by atoms with van der Waals surface area (Å²) in [4.78, 5) is 40.6. The van der Waals surface area contributed by atoms with Gasteiger partial charge in [-0.15, -0.1) is 0 Å². The summed E-state index contributed by atoms with van der Waals surface area (Å²) in [7, 11) is 3.46. The molecular weight excluding hydrogens is 416 g/mol. The molecule has 12 nitrogen and oxygen atoms in total. The molecule has 1 aliphatic rings. The molecule has 3 aromatic rings. The van der Waals surface area contributed by atoms with Crippen molar-refractivity contribution in [2.24, 2.45) is 0 Å². The number of nitrogens with zero attached hydrogens (tertiary/aromatic N) is 6. The molecule has 0 spiro atoms. The van der Waals surface area contributed by atoms with Crippen LogP contribution in [0.1, 0.15) is 28.9 Å². The van der Waals surface area contributed by atoms with Crippen LogP contribution in [-0.4, -0.2) is 75.1 Å². The van der Waals surface area contributed by atoms with Crippen molar-refractivity contribution in [3.63, 3.8) is 0 Å². The maximum Gasteiger partial charge on any atom is 0.290 e. The van der Waals surface area contributed by atoms with Gasteiger partial charge in [-0.2, -0.15) is 4.98 Å². The lowest BCUT2D eigenvalue weighted by Gasteiger charge is -2.31. The average molecular weight is 442 g/mol. The zero-order valence-corrected chi connectivity index (χ0v) is 18.1. The largest absolute Gasteiger partial charge is 0.483 e. The van der Waals surface area contributed by atoms with E-state index in [2.05, 4.69) is 30.6 Å². The van der Waals surface area contributed by atoms with Crippen molar-refractivity contribution in [3.05, 3.63) is 36.0 Å². The summed E-state index contributed by atoms with van der Waals surface area (Å²) in [5.74, 6) is 0.783. The summed E-state index contributed by atoms with van der Waals surface area (Å²) in [6, 6.07) is 0.357. The number of fused-ring (bicyclic) bond motifs is 1. The third-order valence-corrected chi connectivity index (χ3v) is 5.05. The molecule has 0 atom stereocenters. The lowest BCUT2D eigenvalue weighted by atomic mass is 10.1. The predicted molar refractivity (Wildman–Crippen MR) is 117 cm³/mol. The van der Waals surface area contributed by atoms with Gasteiger partial charge in [0.05, 0.1) is 25.2 Å². The maximum absolute atomic E-state index is 12.8. The summed E-state index contributed by atoms with van der Waals surface area (Å²) in [5, 5.41) is 13.0. The number of carbonyl (C=O) groups excluding carboxylic acids is 1. The Morgan fingerprint density at radius 3 is 2.69 bits per heavy atom. The van der Waals surface area contributed by atoms with Crippen LogP contribution in [0.15, 0.2) is 24.8 Å². The summed E-state index contributed by atoms with van der Waals surface area (Å²) >= 11 is 0. The number of aromatic nitrogens is 5. The molecule has 4 heterocycles. The number of rotatable bonds is 5. The Balaban J connectivity index is 0.000000913. The summed E-state index contributed by atoms with van der Waals surface area (Å²) < 4.78 is 7.18. The SMILES string of the molecule is COc1nc(N(C)C2CCNCC2)ncc1C(=O)Nc1cn2cc(C)nc2cn1.O=CO. The van der Waals surface area contributed by atoms with Crippen LogP contribution in [0, 0.1) is 6.92 Å². The van der Waals surface area contributed by atoms with E-state index in [-0.39, 0.29) is 23.8 Å². The van der Waals surface area contributed by atoms with E-state index in [0.29, 0.717) is 23.5 Å². The number of piperidine rings is 1. The highest BCUT2D eigenvalue weighted by Crippen LogP contribution is 2.22. The third-order valence-electron chi connectivity index (χ3n) is 5.05. The average Bonchev–Trinajstić information content (AvgIpc) is 3.18. The van der Waals surface area contributed by atoms with Crippen molar-refractivity contribution in [2.45, 2.75) is 25.8 Å². The lowest BCUT2D eigenvalue weighted by Crippen LogP contribution is -2.42. The van der Waals surface area contributed by atoms with Gasteiger partial charge in [0.25, 0.3) is 12.4 Å². The van der Waals surface area contributed by atoms with E-state index in [0.717, 1.165) is 31.6 Å². The molecule has 0 saturated carbocycles. The first-order valence-corrected chi connectivity index (χ1v) is 10.0. The maximum atomic E-state index is 12.8. The van der Waals surface area contributed by atoms with Crippen LogP contribution >= 0.6 is 0 Å². The van der Waals surface area contributed by atoms with Gasteiger partial charge in [-0.25, -0.2) is 15.0 Å². The monoisotopic (exact) mass is 442 g/mol. The number of carboxylic acid groups (broad SMARTS) is 1. The van der Waals surface area contributed by atoms with Crippen LogP contribution in [0.3, 0.4) is 0 Å². The van der Waals surface area contributed by atoms with E-state index in [4.69, 9.17) is 14.6 Å². The zero-order chi connectivity index (χ0) is 23.1. The van der Waals surface area contributed by atoms with E-state index in [1.54, 1.807) is 12.4 Å². The topological polar surface area (TPSA) is 147 Å². The Morgan fingerprint density at radius 2 is 2.00 bits per heavy atom. The van der Waals surface area contributed by atoms with Crippen molar-refractivity contribution < 1.29 is 19.4 Å². The fourth-order valence-corrected chi connectivity index (χ4v) is 3.47. The van der Waals surface area contributed by atoms with Crippen LogP contribution in [-0.2, 0) is 4.79 Å². The number of hydrogen-bond acceptors (Lipinski definition) is 9. The molecule has 3 aromatic heterocycles. The van der Waals surface area contributed by atoms with Crippen molar-refractivity contribution in [1.82, 2.24) is 29.7 Å². The molecule has 12 heteroatoms. The molecule has 0 aliphatic carbocycles. The minimum Gasteiger partial charge on any atom is -0.483 e. The van der Waals surface area contributed by atoms with Crippen LogP contribution < -0.4 is 20.3 Å². The van der Waals surface area contributed by atoms with Crippen LogP contribution in [0.4, 0.5) is 11.8 Å². The molecule has 0 aromatic carbocycles. The normalized spacial score (nSPS) is 13.7. The molecule has 4 rings (SSSR count). The Morgan fingerprint density at radius 1 is 1.28 bits per heavy atom. The number of ether oxygens (including phenoxy) is 1. The molecule has 32 heavy (non-hydrogen) atoms. The third kappa shape index (κ3) is 5.27. The van der Waals surface area contributed by atoms with Gasteiger partial charge in [-0.1, -0.05) is 0 Å². The van der Waals surface area contributed by atoms with Crippen molar-refractivity contribution in [1.29, 1.82) is 0 Å². The highest BCUT2D eigenvalue weighted by atomic mass is 16.5. The molecular formula is C20H26N8O4. The quantitative estimate of drug-likeness (QED) is 0.488. The Hall–Kier alpha value is -3.80. The molecule has 1 fully saturated rings. The second-order valence-electron chi connectivity index (χ2n) is 7.16. The lowest BCUT2D eigenvalue weighted by molar-refractivity contribution is -0.122. The summed E-state index contributed by atoms with van der Waals surface area (Å²) in [6.45, 7) is 3.59. The number of imidazole rings is 1. The molecule has 0 bridgehead atoms. The van der Waals surface area contributed by atoms with Gasteiger partial charge in [0.2, 0.25) is 11.8 Å². The van der Waals surface area contributed by atoms with Crippen LogP contribution in [0.2, 0.25) is 0 Å². The van der Waals surface area contributed by atoms with E-state index >= 15 is 0 Å². The van der Waals surface area contributed by atoms with E-state index in [1.165, 1.54) is 13.3 Å². The minimum absolute atomic E-state index is 0.229. The predicted octanol–water partition coefficient (Wildman–Crippen LogP) is 0.978. The van der Waals surface area contributed by atoms with Gasteiger partial charge in [0.15, 0.2) is 5.65 Å². The van der Waals surface area contributed by atoms with E-state index in [9.17, 15) is 4.79 Å². The fourth-order valence-electron chi connectivity index (χ4n) is 3.47. The van der Waals surface area contributed by atoms with E-state index in [1.807, 2.05) is 29.5 Å². The first kappa shape index (κ1) is 22.9. The number of carbonyl (C=O) groups is 2. The van der Waals surface area contributed by atoms with E-state index < -0.39 is 0 Å². The number of nitrogens with one attached hydrogen (secondary N) is 2. The molecule has 0 unspecified atom stereocenters.